The van der Waals surface area contributed by atoms with Crippen molar-refractivity contribution in [3.63, 3.8) is 0 Å². The zero-order chi connectivity index (χ0) is 8.72. The molecule has 0 aromatic heterocycles. The summed E-state index contributed by atoms with van der Waals surface area (Å²) in [6, 6.07) is 0. The molecule has 0 radical (unpaired) electrons. The van der Waals surface area contributed by atoms with Gasteiger partial charge >= 0.3 is 0 Å². The summed E-state index contributed by atoms with van der Waals surface area (Å²) in [6.07, 6.45) is 4.91. The molecule has 0 spiro atoms. The minimum absolute atomic E-state index is 0.266. The van der Waals surface area contributed by atoms with Crippen LogP contribution >= 0.6 is 0 Å². The normalized spacial score (nSPS) is 34.2. The van der Waals surface area contributed by atoms with Crippen LogP contribution in [0.3, 0.4) is 0 Å². The molecular weight excluding hydrogens is 158 g/mol. The summed E-state index contributed by atoms with van der Waals surface area (Å²) in [6.45, 7) is 0. The van der Waals surface area contributed by atoms with E-state index < -0.39 is 11.8 Å². The molecule has 1 fully saturated rings. The van der Waals surface area contributed by atoms with E-state index in [1.165, 1.54) is 0 Å². The van der Waals surface area contributed by atoms with Crippen LogP contribution in [-0.4, -0.2) is 22.1 Å². The molecule has 1 aliphatic carbocycles. The lowest BCUT2D eigenvalue weighted by Crippen LogP contribution is -2.26. The summed E-state index contributed by atoms with van der Waals surface area (Å²) < 4.78 is 0. The van der Waals surface area contributed by atoms with E-state index >= 15 is 0 Å². The maximum atomic E-state index is 11.2. The molecule has 1 aliphatic heterocycles. The molecule has 2 amide bonds. The smallest absolute Gasteiger partial charge is 0.257 e. The number of hydrogen-bond acceptors (Lipinski definition) is 3. The number of allylic oxidation sites excluding steroid dienone is 2. The van der Waals surface area contributed by atoms with Crippen LogP contribution in [0.15, 0.2) is 12.2 Å². The highest BCUT2D eigenvalue weighted by molar-refractivity contribution is 6.04. The van der Waals surface area contributed by atoms with Crippen molar-refractivity contribution in [3.8, 4) is 0 Å². The van der Waals surface area contributed by atoms with Gasteiger partial charge in [0.15, 0.2) is 0 Å². The summed E-state index contributed by atoms with van der Waals surface area (Å²) in [5.74, 6) is -1.52. The summed E-state index contributed by atoms with van der Waals surface area (Å²) in [5, 5.41) is 9.27. The Hall–Kier alpha value is -1.16. The fraction of sp³-hybridized carbons (Fsp3) is 0.500. The predicted octanol–water partition coefficient (Wildman–Crippen LogP) is 0.327. The van der Waals surface area contributed by atoms with E-state index in [2.05, 4.69) is 0 Å². The van der Waals surface area contributed by atoms with E-state index in [1.54, 1.807) is 0 Å². The van der Waals surface area contributed by atoms with Crippen LogP contribution in [0.1, 0.15) is 12.8 Å². The van der Waals surface area contributed by atoms with Gasteiger partial charge in [0.05, 0.1) is 11.8 Å². The van der Waals surface area contributed by atoms with Crippen LogP contribution in [0, 0.1) is 11.8 Å². The second kappa shape index (κ2) is 2.42. The van der Waals surface area contributed by atoms with Crippen molar-refractivity contribution < 1.29 is 14.8 Å². The van der Waals surface area contributed by atoms with Crippen LogP contribution in [0.4, 0.5) is 0 Å². The second-order valence-electron chi connectivity index (χ2n) is 3.14. The maximum absolute atomic E-state index is 11.2. The number of imide groups is 1. The third-order valence-corrected chi connectivity index (χ3v) is 2.48. The summed E-state index contributed by atoms with van der Waals surface area (Å²) in [4.78, 5) is 22.3. The number of carbonyl (C=O) groups is 2. The lowest BCUT2D eigenvalue weighted by molar-refractivity contribution is -0.172. The molecule has 1 heterocycles. The fourth-order valence-corrected chi connectivity index (χ4v) is 1.78. The Labute approximate surface area is 69.4 Å². The summed E-state index contributed by atoms with van der Waals surface area (Å²) >= 11 is 0. The summed E-state index contributed by atoms with van der Waals surface area (Å²) in [5.41, 5.74) is 0. The molecule has 0 unspecified atom stereocenters. The van der Waals surface area contributed by atoms with E-state index in [0.717, 1.165) is 0 Å². The average Bonchev–Trinajstić information content (AvgIpc) is 2.33. The minimum atomic E-state index is -0.450. The second-order valence-corrected chi connectivity index (χ2v) is 3.14. The zero-order valence-corrected chi connectivity index (χ0v) is 6.43. The standard InChI is InChI=1S/C8H9NO3/c10-7-5-3-1-2-4-6(5)8(11)9(7)12/h1-2,5-6,12H,3-4H2/t5-,6+. The van der Waals surface area contributed by atoms with Crippen LogP contribution in [-0.2, 0) is 9.59 Å². The van der Waals surface area contributed by atoms with Crippen molar-refractivity contribution in [2.75, 3.05) is 0 Å². The van der Waals surface area contributed by atoms with Gasteiger partial charge < -0.3 is 0 Å². The van der Waals surface area contributed by atoms with Gasteiger partial charge in [-0.1, -0.05) is 12.2 Å². The molecule has 12 heavy (non-hydrogen) atoms. The lowest BCUT2D eigenvalue weighted by Gasteiger charge is -2.14. The van der Waals surface area contributed by atoms with Gasteiger partial charge in [-0.05, 0) is 12.8 Å². The molecule has 1 saturated heterocycles. The van der Waals surface area contributed by atoms with Gasteiger partial charge in [0.2, 0.25) is 0 Å². The largest absolute Gasteiger partial charge is 0.278 e. The highest BCUT2D eigenvalue weighted by atomic mass is 16.5. The molecule has 64 valence electrons. The quantitative estimate of drug-likeness (QED) is 0.321. The first-order valence-electron chi connectivity index (χ1n) is 3.93. The SMILES string of the molecule is O=C1[C@H]2CC=CC[C@H]2C(=O)N1O. The maximum Gasteiger partial charge on any atom is 0.257 e. The molecule has 4 nitrogen and oxygen atoms in total. The molecule has 1 N–H and O–H groups in total. The number of hydroxylamine groups is 2. The number of hydrogen-bond donors (Lipinski definition) is 1. The van der Waals surface area contributed by atoms with Crippen LogP contribution in [0.5, 0.6) is 0 Å². The fourth-order valence-electron chi connectivity index (χ4n) is 1.78. The average molecular weight is 167 g/mol. The first-order valence-corrected chi connectivity index (χ1v) is 3.93. The predicted molar refractivity (Wildman–Crippen MR) is 39.0 cm³/mol. The van der Waals surface area contributed by atoms with Crippen LogP contribution in [0.25, 0.3) is 0 Å². The van der Waals surface area contributed by atoms with E-state index in [1.807, 2.05) is 12.2 Å². The summed E-state index contributed by atoms with van der Waals surface area (Å²) in [7, 11) is 0. The van der Waals surface area contributed by atoms with Crippen molar-refractivity contribution in [1.29, 1.82) is 0 Å². The Balaban J connectivity index is 2.31. The number of rotatable bonds is 0. The van der Waals surface area contributed by atoms with Gasteiger partial charge in [0.1, 0.15) is 0 Å². The Kier molecular flexibility index (Phi) is 1.51. The molecule has 0 saturated carbocycles. The van der Waals surface area contributed by atoms with E-state index in [0.29, 0.717) is 12.8 Å². The Morgan fingerprint density at radius 3 is 2.00 bits per heavy atom. The van der Waals surface area contributed by atoms with Gasteiger partial charge in [-0.25, -0.2) is 0 Å². The van der Waals surface area contributed by atoms with Crippen molar-refractivity contribution >= 4 is 11.8 Å². The zero-order valence-electron chi connectivity index (χ0n) is 6.43. The third kappa shape index (κ3) is 0.814. The molecular formula is C8H9NO3. The van der Waals surface area contributed by atoms with Crippen molar-refractivity contribution in [2.45, 2.75) is 12.8 Å². The number of nitrogens with zero attached hydrogens (tertiary/aromatic N) is 1. The van der Waals surface area contributed by atoms with Gasteiger partial charge in [0.25, 0.3) is 11.8 Å². The third-order valence-electron chi connectivity index (χ3n) is 2.48. The Bertz CT molecular complexity index is 245. The van der Waals surface area contributed by atoms with Crippen molar-refractivity contribution in [2.24, 2.45) is 11.8 Å². The van der Waals surface area contributed by atoms with E-state index in [4.69, 9.17) is 5.21 Å². The molecule has 2 rings (SSSR count). The highest BCUT2D eigenvalue weighted by Gasteiger charge is 2.46. The van der Waals surface area contributed by atoms with Gasteiger partial charge in [0, 0.05) is 0 Å². The minimum Gasteiger partial charge on any atom is -0.278 e. The highest BCUT2D eigenvalue weighted by Crippen LogP contribution is 2.33. The molecule has 2 atom stereocenters. The lowest BCUT2D eigenvalue weighted by atomic mass is 9.85. The van der Waals surface area contributed by atoms with Crippen molar-refractivity contribution in [1.82, 2.24) is 5.06 Å². The number of carbonyl (C=O) groups excluding carboxylic acids is 2. The first kappa shape index (κ1) is 7.49. The number of fused-ring (bicyclic) bond motifs is 1. The first-order chi connectivity index (χ1) is 5.72. The Morgan fingerprint density at radius 1 is 1.17 bits per heavy atom. The molecule has 4 heteroatoms. The monoisotopic (exact) mass is 167 g/mol. The van der Waals surface area contributed by atoms with Gasteiger partial charge in [-0.3, -0.25) is 14.8 Å². The molecule has 0 aromatic rings. The van der Waals surface area contributed by atoms with Gasteiger partial charge in [-0.15, -0.1) is 0 Å². The number of amides is 2. The molecule has 0 aromatic carbocycles. The Morgan fingerprint density at radius 2 is 1.58 bits per heavy atom. The van der Waals surface area contributed by atoms with Crippen LogP contribution < -0.4 is 0 Å². The van der Waals surface area contributed by atoms with Crippen molar-refractivity contribution in [3.05, 3.63) is 12.2 Å². The van der Waals surface area contributed by atoms with E-state index in [9.17, 15) is 9.59 Å². The van der Waals surface area contributed by atoms with E-state index in [-0.39, 0.29) is 16.9 Å². The topological polar surface area (TPSA) is 57.6 Å². The van der Waals surface area contributed by atoms with Gasteiger partial charge in [-0.2, -0.15) is 5.06 Å². The molecule has 2 aliphatic rings. The van der Waals surface area contributed by atoms with Crippen LogP contribution in [0.2, 0.25) is 0 Å². The molecule has 0 bridgehead atoms.